The molecule has 0 unspecified atom stereocenters. The van der Waals surface area contributed by atoms with Crippen LogP contribution in [0, 0.1) is 0 Å². The Bertz CT molecular complexity index is 1140. The summed E-state index contributed by atoms with van der Waals surface area (Å²) < 4.78 is 14.2. The Morgan fingerprint density at radius 2 is 1.97 bits per heavy atom. The molecule has 1 aliphatic carbocycles. The number of anilines is 1. The number of carboxylic acid groups (broad SMARTS) is 1. The van der Waals surface area contributed by atoms with Crippen LogP contribution in [0.4, 0.5) is 10.6 Å². The molecule has 3 aromatic rings. The molecule has 0 aromatic carbocycles. The van der Waals surface area contributed by atoms with Crippen LogP contribution in [0.3, 0.4) is 0 Å². The third kappa shape index (κ3) is 4.61. The molecule has 1 aliphatic rings. The van der Waals surface area contributed by atoms with E-state index in [1.807, 2.05) is 10.7 Å². The average molecular weight is 486 g/mol. The van der Waals surface area contributed by atoms with E-state index < -0.39 is 14.4 Å². The highest BCUT2D eigenvalue weighted by Gasteiger charge is 2.40. The molecule has 184 valence electrons. The Balaban J connectivity index is 1.65. The first-order chi connectivity index (χ1) is 16.0. The number of aromatic nitrogens is 4. The van der Waals surface area contributed by atoms with Gasteiger partial charge in [0.05, 0.1) is 23.1 Å². The van der Waals surface area contributed by atoms with Crippen LogP contribution in [0.2, 0.25) is 18.1 Å². The number of oxazole rings is 1. The van der Waals surface area contributed by atoms with Crippen molar-refractivity contribution in [1.82, 2.24) is 19.7 Å². The van der Waals surface area contributed by atoms with Gasteiger partial charge in [0.15, 0.2) is 14.0 Å². The van der Waals surface area contributed by atoms with Gasteiger partial charge in [-0.1, -0.05) is 20.8 Å². The van der Waals surface area contributed by atoms with Gasteiger partial charge in [-0.3, -0.25) is 9.58 Å². The molecule has 0 bridgehead atoms. The molecule has 3 heterocycles. The first-order valence-corrected chi connectivity index (χ1v) is 14.9. The predicted molar refractivity (Wildman–Crippen MR) is 134 cm³/mol. The highest BCUT2D eigenvalue weighted by molar-refractivity contribution is 6.74. The normalized spacial score (nSPS) is 19.5. The zero-order chi connectivity index (χ0) is 24.7. The smallest absolute Gasteiger partial charge is 0.412 e. The summed E-state index contributed by atoms with van der Waals surface area (Å²) in [4.78, 5) is 21.6. The highest BCUT2D eigenvalue weighted by atomic mass is 28.4. The first-order valence-electron chi connectivity index (χ1n) is 12.0. The predicted octanol–water partition coefficient (Wildman–Crippen LogP) is 6.10. The molecule has 0 spiro atoms. The van der Waals surface area contributed by atoms with Gasteiger partial charge in [-0.05, 0) is 50.7 Å². The second kappa shape index (κ2) is 9.14. The molecular weight excluding hydrogens is 450 g/mol. The van der Waals surface area contributed by atoms with E-state index in [1.54, 1.807) is 19.3 Å². The zero-order valence-electron chi connectivity index (χ0n) is 20.9. The second-order valence-corrected chi connectivity index (χ2v) is 15.3. The van der Waals surface area contributed by atoms with Crippen LogP contribution < -0.4 is 4.90 Å². The Hall–Kier alpha value is -2.72. The van der Waals surface area contributed by atoms with Crippen molar-refractivity contribution in [3.05, 3.63) is 24.7 Å². The largest absolute Gasteiger partial charge is 0.465 e. The van der Waals surface area contributed by atoms with E-state index in [4.69, 9.17) is 13.9 Å². The number of fused-ring (bicyclic) bond motifs is 1. The highest BCUT2D eigenvalue weighted by Crippen LogP contribution is 2.41. The van der Waals surface area contributed by atoms with Crippen molar-refractivity contribution in [3.63, 3.8) is 0 Å². The van der Waals surface area contributed by atoms with Gasteiger partial charge < -0.3 is 13.9 Å². The van der Waals surface area contributed by atoms with E-state index in [1.165, 1.54) is 11.2 Å². The summed E-state index contributed by atoms with van der Waals surface area (Å²) in [7, 11) is -1.82. The summed E-state index contributed by atoms with van der Waals surface area (Å²) in [5.74, 6) is 0.816. The van der Waals surface area contributed by atoms with Crippen LogP contribution in [-0.2, 0) is 4.43 Å². The number of hydrogen-bond donors (Lipinski definition) is 1. The van der Waals surface area contributed by atoms with E-state index in [0.717, 1.165) is 36.6 Å². The zero-order valence-corrected chi connectivity index (χ0v) is 21.9. The molecule has 1 saturated carbocycles. The van der Waals surface area contributed by atoms with Crippen LogP contribution in [-0.4, -0.2) is 51.9 Å². The molecular formula is C24H35N5O4Si. The van der Waals surface area contributed by atoms with Crippen molar-refractivity contribution >= 4 is 31.1 Å². The fourth-order valence-corrected chi connectivity index (χ4v) is 5.76. The summed E-state index contributed by atoms with van der Waals surface area (Å²) in [5.41, 5.74) is 1.46. The Labute approximate surface area is 201 Å². The van der Waals surface area contributed by atoms with Crippen molar-refractivity contribution in [2.24, 2.45) is 0 Å². The minimum atomic E-state index is -1.82. The average Bonchev–Trinajstić information content (AvgIpc) is 3.41. The maximum Gasteiger partial charge on any atom is 0.412 e. The summed E-state index contributed by atoms with van der Waals surface area (Å²) in [5, 5.41) is 15.5. The van der Waals surface area contributed by atoms with Gasteiger partial charge in [0, 0.05) is 24.9 Å². The molecule has 1 N–H and O–H groups in total. The maximum atomic E-state index is 11.7. The van der Waals surface area contributed by atoms with Crippen molar-refractivity contribution in [3.8, 4) is 11.6 Å². The lowest BCUT2D eigenvalue weighted by molar-refractivity contribution is 0.116. The summed E-state index contributed by atoms with van der Waals surface area (Å²) in [6.07, 6.45) is 7.85. The Morgan fingerprint density at radius 1 is 1.26 bits per heavy atom. The van der Waals surface area contributed by atoms with Gasteiger partial charge in [0.1, 0.15) is 12.1 Å². The van der Waals surface area contributed by atoms with Crippen LogP contribution in [0.1, 0.15) is 59.4 Å². The molecule has 1 fully saturated rings. The lowest BCUT2D eigenvalue weighted by Gasteiger charge is -2.41. The van der Waals surface area contributed by atoms with E-state index in [9.17, 15) is 9.90 Å². The Kier molecular flexibility index (Phi) is 6.56. The van der Waals surface area contributed by atoms with E-state index >= 15 is 0 Å². The molecule has 3 aromatic heterocycles. The quantitative estimate of drug-likeness (QED) is 0.421. The standard InChI is InChI=1S/C24H35N5O4Si/c1-7-28(23(30)31)20-14-19-18(15-26-20)21(22-25-12-13-32-22)27-29(19)16-8-10-17(11-9-16)33-34(5,6)24(2,3)4/h12-17H,7-11H2,1-6H3,(H,30,31)/t16-,17-. The van der Waals surface area contributed by atoms with Gasteiger partial charge in [-0.2, -0.15) is 5.10 Å². The molecule has 10 heteroatoms. The molecule has 34 heavy (non-hydrogen) atoms. The number of rotatable bonds is 6. The molecule has 0 atom stereocenters. The minimum Gasteiger partial charge on any atom is -0.465 e. The summed E-state index contributed by atoms with van der Waals surface area (Å²) in [6, 6.07) is 1.99. The number of pyridine rings is 1. The molecule has 9 nitrogen and oxygen atoms in total. The van der Waals surface area contributed by atoms with E-state index in [2.05, 4.69) is 43.8 Å². The van der Waals surface area contributed by atoms with Gasteiger partial charge in [0.25, 0.3) is 0 Å². The maximum absolute atomic E-state index is 11.7. The Morgan fingerprint density at radius 3 is 2.53 bits per heavy atom. The summed E-state index contributed by atoms with van der Waals surface area (Å²) >= 11 is 0. The van der Waals surface area contributed by atoms with E-state index in [-0.39, 0.29) is 17.2 Å². The van der Waals surface area contributed by atoms with Crippen LogP contribution in [0.25, 0.3) is 22.5 Å². The summed E-state index contributed by atoms with van der Waals surface area (Å²) in [6.45, 7) is 13.5. The molecule has 4 rings (SSSR count). The van der Waals surface area contributed by atoms with Gasteiger partial charge >= 0.3 is 6.09 Å². The lowest BCUT2D eigenvalue weighted by Crippen LogP contribution is -2.44. The second-order valence-electron chi connectivity index (χ2n) is 10.5. The van der Waals surface area contributed by atoms with Gasteiger partial charge in [0.2, 0.25) is 5.89 Å². The number of carbonyl (C=O) groups is 1. The fraction of sp³-hybridized carbons (Fsp3) is 0.583. The number of nitrogens with zero attached hydrogens (tertiary/aromatic N) is 5. The van der Waals surface area contributed by atoms with Crippen LogP contribution in [0.5, 0.6) is 0 Å². The third-order valence-electron chi connectivity index (χ3n) is 7.29. The molecule has 0 aliphatic heterocycles. The van der Waals surface area contributed by atoms with Gasteiger partial charge in [-0.15, -0.1) is 0 Å². The lowest BCUT2D eigenvalue weighted by atomic mass is 9.93. The fourth-order valence-electron chi connectivity index (χ4n) is 4.34. The van der Waals surface area contributed by atoms with Crippen molar-refractivity contribution < 1.29 is 18.7 Å². The topological polar surface area (TPSA) is 107 Å². The SMILES string of the molecule is CCN(C(=O)O)c1cc2c(cn1)c(-c1ncco1)nn2[C@H]1CC[C@H](O[Si](C)(C)C(C)(C)C)CC1. The molecule has 0 radical (unpaired) electrons. The molecule has 1 amide bonds. The number of amides is 1. The van der Waals surface area contributed by atoms with Crippen LogP contribution >= 0.6 is 0 Å². The number of hydrogen-bond acceptors (Lipinski definition) is 6. The molecule has 0 saturated heterocycles. The van der Waals surface area contributed by atoms with Gasteiger partial charge in [-0.25, -0.2) is 14.8 Å². The first kappa shape index (κ1) is 24.4. The third-order valence-corrected chi connectivity index (χ3v) is 11.8. The van der Waals surface area contributed by atoms with Crippen molar-refractivity contribution in [1.29, 1.82) is 0 Å². The monoisotopic (exact) mass is 485 g/mol. The van der Waals surface area contributed by atoms with Crippen molar-refractivity contribution in [2.45, 2.75) is 83.7 Å². The van der Waals surface area contributed by atoms with E-state index in [0.29, 0.717) is 23.9 Å². The van der Waals surface area contributed by atoms with Crippen LogP contribution in [0.15, 0.2) is 29.1 Å². The van der Waals surface area contributed by atoms with Crippen molar-refractivity contribution in [2.75, 3.05) is 11.4 Å². The minimum absolute atomic E-state index is 0.181.